The number of methoxy groups -OCH3 is 1. The van der Waals surface area contributed by atoms with E-state index in [1.165, 1.54) is 19.8 Å². The third kappa shape index (κ3) is 6.57. The smallest absolute Gasteiger partial charge is 0.231 e. The van der Waals surface area contributed by atoms with E-state index in [2.05, 4.69) is 51.2 Å². The molecule has 4 unspecified atom stereocenters. The van der Waals surface area contributed by atoms with Gasteiger partial charge in [-0.1, -0.05) is 0 Å². The van der Waals surface area contributed by atoms with Crippen LogP contribution in [0.5, 0.6) is 11.8 Å². The summed E-state index contributed by atoms with van der Waals surface area (Å²) < 4.78 is 42.8. The van der Waals surface area contributed by atoms with Crippen LogP contribution in [0.1, 0.15) is 25.7 Å². The van der Waals surface area contributed by atoms with Crippen molar-refractivity contribution in [1.82, 2.24) is 39.0 Å². The number of nitrogens with zero attached hydrogens (tertiary/aromatic N) is 8. The molecule has 18 heteroatoms. The van der Waals surface area contributed by atoms with Gasteiger partial charge in [0, 0.05) is 30.9 Å². The number of hydrogen-bond donors (Lipinski definition) is 4. The Bertz CT molecular complexity index is 2500. The number of aromatic nitrogens is 8. The van der Waals surface area contributed by atoms with Crippen molar-refractivity contribution in [3.8, 4) is 34.3 Å². The standard InChI is InChI=1S/C37H36F2N12O4/c1-50-24(6-17-8-28(40-12-26(17)50)48-34(52)20-10-22(20)38)30-32(42-14-44-36(30)54-3)46-16-55-37-31(33(43-15-45-37)47-19-4-5-19)25-7-18-9-29(41-13-27(18)51(25)2)49-35(53)21-11-23(21)39/h6-9,12-15,19-23H,4-5,10-11,16H2,1-3H3,(H,40,48,52)(H,41,49,53)(H,42,44,46)(H,43,45,47). The number of pyridine rings is 2. The number of carbonyl (C=O) groups is 2. The van der Waals surface area contributed by atoms with E-state index < -0.39 is 24.2 Å². The van der Waals surface area contributed by atoms with E-state index in [1.807, 2.05) is 35.4 Å². The highest BCUT2D eigenvalue weighted by Crippen LogP contribution is 2.41. The molecule has 0 bridgehead atoms. The van der Waals surface area contributed by atoms with Crippen molar-refractivity contribution in [3.05, 3.63) is 49.3 Å². The van der Waals surface area contributed by atoms with Crippen LogP contribution < -0.4 is 30.7 Å². The number of hydrogen-bond acceptors (Lipinski definition) is 12. The lowest BCUT2D eigenvalue weighted by molar-refractivity contribution is -0.118. The van der Waals surface area contributed by atoms with Crippen LogP contribution in [0.15, 0.2) is 49.3 Å². The molecule has 4 atom stereocenters. The Morgan fingerprint density at radius 3 is 1.76 bits per heavy atom. The number of ether oxygens (including phenoxy) is 2. The molecule has 282 valence electrons. The zero-order valence-corrected chi connectivity index (χ0v) is 30.0. The summed E-state index contributed by atoms with van der Waals surface area (Å²) in [6, 6.07) is 7.62. The molecule has 3 saturated carbocycles. The lowest BCUT2D eigenvalue weighted by Crippen LogP contribution is -2.15. The molecule has 0 radical (unpaired) electrons. The zero-order chi connectivity index (χ0) is 38.0. The fourth-order valence-electron chi connectivity index (χ4n) is 6.69. The second-order valence-electron chi connectivity index (χ2n) is 14.0. The third-order valence-corrected chi connectivity index (χ3v) is 10.2. The summed E-state index contributed by atoms with van der Waals surface area (Å²) >= 11 is 0. The van der Waals surface area contributed by atoms with Gasteiger partial charge in [-0.3, -0.25) is 9.59 Å². The molecule has 16 nitrogen and oxygen atoms in total. The molecule has 6 aromatic rings. The van der Waals surface area contributed by atoms with Crippen LogP contribution in [0.3, 0.4) is 0 Å². The quantitative estimate of drug-likeness (QED) is 0.116. The zero-order valence-electron chi connectivity index (χ0n) is 30.0. The van der Waals surface area contributed by atoms with Crippen molar-refractivity contribution in [2.45, 2.75) is 44.1 Å². The molecule has 3 aliphatic rings. The molecule has 0 aliphatic heterocycles. The molecular weight excluding hydrogens is 714 g/mol. The van der Waals surface area contributed by atoms with Gasteiger partial charge in [-0.15, -0.1) is 0 Å². The van der Waals surface area contributed by atoms with Crippen LogP contribution in [-0.2, 0) is 23.7 Å². The number of halogens is 2. The molecular formula is C37H36F2N12O4. The van der Waals surface area contributed by atoms with Crippen molar-refractivity contribution in [3.63, 3.8) is 0 Å². The normalized spacial score (nSPS) is 19.9. The van der Waals surface area contributed by atoms with Gasteiger partial charge in [0.25, 0.3) is 0 Å². The number of anilines is 4. The minimum absolute atomic E-state index is 0.0587. The van der Waals surface area contributed by atoms with Crippen molar-refractivity contribution in [1.29, 1.82) is 0 Å². The minimum Gasteiger partial charge on any atom is -0.480 e. The molecule has 3 fully saturated rings. The molecule has 0 spiro atoms. The number of rotatable bonds is 13. The molecule has 4 N–H and O–H groups in total. The minimum atomic E-state index is -1.11. The fourth-order valence-corrected chi connectivity index (χ4v) is 6.69. The van der Waals surface area contributed by atoms with Gasteiger partial charge in [0.05, 0.1) is 53.8 Å². The highest BCUT2D eigenvalue weighted by atomic mass is 19.1. The van der Waals surface area contributed by atoms with E-state index in [9.17, 15) is 18.4 Å². The largest absolute Gasteiger partial charge is 0.480 e. The summed E-state index contributed by atoms with van der Waals surface area (Å²) in [6.07, 6.45) is 6.39. The summed E-state index contributed by atoms with van der Waals surface area (Å²) in [4.78, 5) is 51.5. The summed E-state index contributed by atoms with van der Waals surface area (Å²) in [6.45, 7) is -0.0587. The molecule has 6 heterocycles. The lowest BCUT2D eigenvalue weighted by Gasteiger charge is -2.17. The van der Waals surface area contributed by atoms with Crippen LogP contribution in [-0.4, -0.2) is 83.1 Å². The van der Waals surface area contributed by atoms with Gasteiger partial charge in [0.2, 0.25) is 23.6 Å². The first-order chi connectivity index (χ1) is 26.7. The molecule has 3 aliphatic carbocycles. The Labute approximate surface area is 312 Å². The second-order valence-corrected chi connectivity index (χ2v) is 14.0. The monoisotopic (exact) mass is 750 g/mol. The molecule has 0 aromatic carbocycles. The third-order valence-electron chi connectivity index (χ3n) is 10.2. The van der Waals surface area contributed by atoms with Crippen molar-refractivity contribution in [2.24, 2.45) is 25.9 Å². The molecule has 55 heavy (non-hydrogen) atoms. The Balaban J connectivity index is 0.999. The van der Waals surface area contributed by atoms with Gasteiger partial charge in [-0.25, -0.2) is 38.7 Å². The van der Waals surface area contributed by atoms with Crippen LogP contribution in [0.2, 0.25) is 0 Å². The Kier molecular flexibility index (Phi) is 8.38. The number of alkyl halides is 2. The number of amides is 2. The summed E-state index contributed by atoms with van der Waals surface area (Å²) in [7, 11) is 5.28. The van der Waals surface area contributed by atoms with Gasteiger partial charge in [-0.05, 0) is 49.9 Å². The first kappa shape index (κ1) is 34.3. The number of nitrogens with one attached hydrogen (secondary N) is 4. The number of fused-ring (bicyclic) bond motifs is 2. The fraction of sp³-hybridized carbons (Fsp3) is 0.351. The molecule has 9 rings (SSSR count). The first-order valence-corrected chi connectivity index (χ1v) is 17.9. The predicted molar refractivity (Wildman–Crippen MR) is 199 cm³/mol. The van der Waals surface area contributed by atoms with Gasteiger partial charge in [-0.2, -0.15) is 0 Å². The van der Waals surface area contributed by atoms with Crippen LogP contribution in [0.4, 0.5) is 32.1 Å². The maximum absolute atomic E-state index is 13.5. The average molecular weight is 751 g/mol. The topological polar surface area (TPSA) is 188 Å². The second kappa shape index (κ2) is 13.4. The average Bonchev–Trinajstić information content (AvgIpc) is 4.13. The number of aryl methyl sites for hydroxylation is 2. The van der Waals surface area contributed by atoms with E-state index in [4.69, 9.17) is 9.47 Å². The predicted octanol–water partition coefficient (Wildman–Crippen LogP) is 5.00. The van der Waals surface area contributed by atoms with Gasteiger partial charge < -0.3 is 39.9 Å². The maximum Gasteiger partial charge on any atom is 0.231 e. The molecule has 2 amide bonds. The Morgan fingerprint density at radius 1 is 0.745 bits per heavy atom. The van der Waals surface area contributed by atoms with Crippen LogP contribution in [0.25, 0.3) is 44.3 Å². The summed E-state index contributed by atoms with van der Waals surface area (Å²) in [5.74, 6) is 0.272. The SMILES string of the molecule is COc1ncnc(NCOc2ncnc(NC3CC3)c2-c2cc3cc(NC(=O)C4CC4F)ncc3n2C)c1-c1cc2cc(NC(=O)C3CC3F)ncc2n1C. The highest BCUT2D eigenvalue weighted by molar-refractivity contribution is 5.98. The van der Waals surface area contributed by atoms with Crippen molar-refractivity contribution < 1.29 is 27.8 Å². The van der Waals surface area contributed by atoms with Gasteiger partial charge >= 0.3 is 0 Å². The molecule has 6 aromatic heterocycles. The maximum atomic E-state index is 13.5. The Hall–Kier alpha value is -6.46. The highest BCUT2D eigenvalue weighted by Gasteiger charge is 2.44. The van der Waals surface area contributed by atoms with Crippen LogP contribution in [0, 0.1) is 11.8 Å². The van der Waals surface area contributed by atoms with Gasteiger partial charge in [0.1, 0.15) is 59.4 Å². The van der Waals surface area contributed by atoms with Crippen molar-refractivity contribution >= 4 is 56.9 Å². The van der Waals surface area contributed by atoms with Gasteiger partial charge in [0.15, 0.2) is 6.73 Å². The van der Waals surface area contributed by atoms with E-state index >= 15 is 0 Å². The first-order valence-electron chi connectivity index (χ1n) is 17.9. The van der Waals surface area contributed by atoms with Crippen LogP contribution >= 0.6 is 0 Å². The van der Waals surface area contributed by atoms with Crippen molar-refractivity contribution in [2.75, 3.05) is 35.1 Å². The lowest BCUT2D eigenvalue weighted by atomic mass is 10.2. The number of carbonyl (C=O) groups excluding carboxylic acids is 2. The summed E-state index contributed by atoms with van der Waals surface area (Å²) in [5.41, 5.74) is 4.20. The summed E-state index contributed by atoms with van der Waals surface area (Å²) in [5, 5.41) is 13.8. The molecule has 0 saturated heterocycles. The Morgan fingerprint density at radius 2 is 1.25 bits per heavy atom. The van der Waals surface area contributed by atoms with E-state index in [-0.39, 0.29) is 37.4 Å². The van der Waals surface area contributed by atoms with E-state index in [0.717, 1.165) is 40.3 Å². The van der Waals surface area contributed by atoms with E-state index in [0.29, 0.717) is 51.9 Å². The van der Waals surface area contributed by atoms with E-state index in [1.54, 1.807) is 24.5 Å².